The first-order chi connectivity index (χ1) is 7.72. The maximum absolute atomic E-state index is 10.8. The highest BCUT2D eigenvalue weighted by Crippen LogP contribution is 2.20. The first kappa shape index (κ1) is 10.7. The van der Waals surface area contributed by atoms with Gasteiger partial charge in [0.2, 0.25) is 0 Å². The number of carboxylic acids is 1. The number of hydrogen-bond donors (Lipinski definition) is 2. The number of nitrogens with zero attached hydrogens (tertiary/aromatic N) is 3. The molecular formula is C9H10N4O2S. The van der Waals surface area contributed by atoms with Crippen molar-refractivity contribution in [2.75, 3.05) is 6.26 Å². The average Bonchev–Trinajstić information content (AvgIpc) is 2.84. The molecule has 0 aliphatic carbocycles. The minimum Gasteiger partial charge on any atom is -0.480 e. The van der Waals surface area contributed by atoms with Crippen LogP contribution in [-0.2, 0) is 11.3 Å². The van der Waals surface area contributed by atoms with E-state index in [2.05, 4.69) is 15.2 Å². The zero-order chi connectivity index (χ0) is 11.5. The van der Waals surface area contributed by atoms with Gasteiger partial charge in [0, 0.05) is 6.20 Å². The van der Waals surface area contributed by atoms with Gasteiger partial charge in [-0.15, -0.1) is 10.2 Å². The van der Waals surface area contributed by atoms with Crippen LogP contribution in [0.2, 0.25) is 0 Å². The number of nitrogens with one attached hydrogen (secondary N) is 1. The van der Waals surface area contributed by atoms with Crippen LogP contribution in [0, 0.1) is 0 Å². The Morgan fingerprint density at radius 1 is 1.62 bits per heavy atom. The van der Waals surface area contributed by atoms with Crippen LogP contribution in [-0.4, -0.2) is 37.1 Å². The van der Waals surface area contributed by atoms with Crippen LogP contribution in [0.25, 0.3) is 11.5 Å². The number of aliphatic carboxylic acids is 1. The quantitative estimate of drug-likeness (QED) is 0.779. The zero-order valence-electron chi connectivity index (χ0n) is 8.54. The van der Waals surface area contributed by atoms with Gasteiger partial charge in [-0.1, -0.05) is 11.8 Å². The lowest BCUT2D eigenvalue weighted by atomic mass is 10.4. The maximum Gasteiger partial charge on any atom is 0.323 e. The molecule has 0 bridgehead atoms. The lowest BCUT2D eigenvalue weighted by Crippen LogP contribution is -2.11. The van der Waals surface area contributed by atoms with Crippen molar-refractivity contribution in [3.8, 4) is 11.5 Å². The largest absolute Gasteiger partial charge is 0.480 e. The highest BCUT2D eigenvalue weighted by atomic mass is 32.2. The molecule has 0 saturated heterocycles. The van der Waals surface area contributed by atoms with Gasteiger partial charge in [-0.2, -0.15) is 0 Å². The molecule has 0 amide bonds. The summed E-state index contributed by atoms with van der Waals surface area (Å²) >= 11 is 1.37. The molecule has 2 heterocycles. The van der Waals surface area contributed by atoms with E-state index in [0.29, 0.717) is 11.0 Å². The number of rotatable bonds is 4. The van der Waals surface area contributed by atoms with E-state index in [0.717, 1.165) is 5.69 Å². The molecule has 0 aliphatic heterocycles. The lowest BCUT2D eigenvalue weighted by molar-refractivity contribution is -0.137. The third kappa shape index (κ3) is 1.94. The van der Waals surface area contributed by atoms with Crippen LogP contribution < -0.4 is 0 Å². The summed E-state index contributed by atoms with van der Waals surface area (Å²) in [5.74, 6) is -0.375. The summed E-state index contributed by atoms with van der Waals surface area (Å²) in [5, 5.41) is 17.3. The molecule has 0 spiro atoms. The van der Waals surface area contributed by atoms with Gasteiger partial charge in [0.1, 0.15) is 6.54 Å². The zero-order valence-corrected chi connectivity index (χ0v) is 9.36. The number of aromatic nitrogens is 4. The maximum atomic E-state index is 10.8. The Morgan fingerprint density at radius 3 is 3.00 bits per heavy atom. The highest BCUT2D eigenvalue weighted by molar-refractivity contribution is 7.98. The summed E-state index contributed by atoms with van der Waals surface area (Å²) in [5.41, 5.74) is 0.758. The van der Waals surface area contributed by atoms with E-state index < -0.39 is 5.97 Å². The second-order valence-electron chi connectivity index (χ2n) is 3.07. The molecule has 0 fully saturated rings. The predicted molar refractivity (Wildman–Crippen MR) is 59.2 cm³/mol. The number of carboxylic acid groups (broad SMARTS) is 1. The number of hydrogen-bond acceptors (Lipinski definition) is 4. The molecule has 0 saturated carbocycles. The molecule has 0 atom stereocenters. The minimum absolute atomic E-state index is 0.141. The van der Waals surface area contributed by atoms with Gasteiger partial charge in [-0.05, 0) is 18.4 Å². The van der Waals surface area contributed by atoms with Crippen molar-refractivity contribution in [2.45, 2.75) is 11.7 Å². The Balaban J connectivity index is 2.45. The van der Waals surface area contributed by atoms with Crippen molar-refractivity contribution < 1.29 is 9.90 Å². The third-order valence-electron chi connectivity index (χ3n) is 2.03. The second-order valence-corrected chi connectivity index (χ2v) is 3.85. The van der Waals surface area contributed by atoms with Crippen LogP contribution in [0.3, 0.4) is 0 Å². The fourth-order valence-electron chi connectivity index (χ4n) is 1.39. The van der Waals surface area contributed by atoms with Gasteiger partial charge >= 0.3 is 5.97 Å². The third-order valence-corrected chi connectivity index (χ3v) is 2.70. The molecule has 6 nitrogen and oxygen atoms in total. The number of H-pyrrole nitrogens is 1. The summed E-state index contributed by atoms with van der Waals surface area (Å²) in [4.78, 5) is 13.7. The summed E-state index contributed by atoms with van der Waals surface area (Å²) in [6.45, 7) is -0.141. The monoisotopic (exact) mass is 238 g/mol. The van der Waals surface area contributed by atoms with Gasteiger partial charge in [0.15, 0.2) is 11.0 Å². The number of aromatic amines is 1. The van der Waals surface area contributed by atoms with E-state index >= 15 is 0 Å². The SMILES string of the molecule is CSc1nnc(-c2ccc[nH]2)n1CC(=O)O. The molecule has 2 aromatic rings. The van der Waals surface area contributed by atoms with Crippen LogP contribution in [0.5, 0.6) is 0 Å². The van der Waals surface area contributed by atoms with E-state index in [-0.39, 0.29) is 6.54 Å². The van der Waals surface area contributed by atoms with Gasteiger partial charge in [0.25, 0.3) is 0 Å². The second kappa shape index (κ2) is 4.40. The van der Waals surface area contributed by atoms with Crippen LogP contribution >= 0.6 is 11.8 Å². The highest BCUT2D eigenvalue weighted by Gasteiger charge is 2.15. The molecule has 2 aromatic heterocycles. The Bertz CT molecular complexity index is 492. The summed E-state index contributed by atoms with van der Waals surface area (Å²) in [6.07, 6.45) is 3.59. The molecule has 0 aliphatic rings. The van der Waals surface area contributed by atoms with Crippen LogP contribution in [0.1, 0.15) is 0 Å². The normalized spacial score (nSPS) is 10.6. The molecule has 0 radical (unpaired) electrons. The molecule has 16 heavy (non-hydrogen) atoms. The van der Waals surface area contributed by atoms with E-state index in [1.165, 1.54) is 11.8 Å². The summed E-state index contributed by atoms with van der Waals surface area (Å²) < 4.78 is 1.57. The molecule has 84 valence electrons. The van der Waals surface area contributed by atoms with Crippen molar-refractivity contribution >= 4 is 17.7 Å². The summed E-state index contributed by atoms with van der Waals surface area (Å²) in [7, 11) is 0. The van der Waals surface area contributed by atoms with E-state index in [1.54, 1.807) is 10.8 Å². The lowest BCUT2D eigenvalue weighted by Gasteiger charge is -2.04. The van der Waals surface area contributed by atoms with Crippen molar-refractivity contribution in [1.29, 1.82) is 0 Å². The van der Waals surface area contributed by atoms with Crippen molar-refractivity contribution in [3.05, 3.63) is 18.3 Å². The fraction of sp³-hybridized carbons (Fsp3) is 0.222. The molecule has 0 unspecified atom stereocenters. The molecule has 0 aromatic carbocycles. The first-order valence-electron chi connectivity index (χ1n) is 4.55. The topological polar surface area (TPSA) is 83.8 Å². The summed E-state index contributed by atoms with van der Waals surface area (Å²) in [6, 6.07) is 3.65. The van der Waals surface area contributed by atoms with Gasteiger partial charge in [0.05, 0.1) is 5.69 Å². The Morgan fingerprint density at radius 2 is 2.44 bits per heavy atom. The predicted octanol–water partition coefficient (Wildman–Crippen LogP) is 1.08. The Labute approximate surface area is 95.7 Å². The molecule has 2 N–H and O–H groups in total. The van der Waals surface area contributed by atoms with Gasteiger partial charge < -0.3 is 10.1 Å². The first-order valence-corrected chi connectivity index (χ1v) is 5.77. The molecule has 2 rings (SSSR count). The molecular weight excluding hydrogens is 228 g/mol. The van der Waals surface area contributed by atoms with Crippen LogP contribution in [0.4, 0.5) is 0 Å². The van der Waals surface area contributed by atoms with Crippen molar-refractivity contribution in [3.63, 3.8) is 0 Å². The Kier molecular flexibility index (Phi) is 2.95. The van der Waals surface area contributed by atoms with Crippen LogP contribution in [0.15, 0.2) is 23.5 Å². The number of thioether (sulfide) groups is 1. The van der Waals surface area contributed by atoms with Crippen molar-refractivity contribution in [1.82, 2.24) is 19.7 Å². The van der Waals surface area contributed by atoms with Gasteiger partial charge in [-0.25, -0.2) is 0 Å². The van der Waals surface area contributed by atoms with E-state index in [4.69, 9.17) is 5.11 Å². The van der Waals surface area contributed by atoms with E-state index in [1.807, 2.05) is 18.4 Å². The Hall–Kier alpha value is -1.76. The fourth-order valence-corrected chi connectivity index (χ4v) is 1.88. The van der Waals surface area contributed by atoms with Crippen molar-refractivity contribution in [2.24, 2.45) is 0 Å². The number of carbonyl (C=O) groups is 1. The smallest absolute Gasteiger partial charge is 0.323 e. The standard InChI is InChI=1S/C9H10N4O2S/c1-16-9-12-11-8(6-3-2-4-10-6)13(9)5-7(14)15/h2-4,10H,5H2,1H3,(H,14,15). The minimum atomic E-state index is -0.914. The molecule has 7 heteroatoms. The average molecular weight is 238 g/mol. The van der Waals surface area contributed by atoms with E-state index in [9.17, 15) is 4.79 Å². The van der Waals surface area contributed by atoms with Gasteiger partial charge in [-0.3, -0.25) is 9.36 Å².